The average molecular weight is 362 g/mol. The average Bonchev–Trinajstić information content (AvgIpc) is 2.55. The van der Waals surface area contributed by atoms with Crippen LogP contribution in [0.25, 0.3) is 0 Å². The molecule has 134 valence electrons. The Labute approximate surface area is 148 Å². The second-order valence-electron chi connectivity index (χ2n) is 5.83. The molecular weight excluding hydrogens is 340 g/mol. The molecule has 0 unspecified atom stereocenters. The van der Waals surface area contributed by atoms with Gasteiger partial charge < -0.3 is 10.1 Å². The summed E-state index contributed by atoms with van der Waals surface area (Å²) in [7, 11) is -0.840. The summed E-state index contributed by atoms with van der Waals surface area (Å²) in [6.45, 7) is 3.47. The molecule has 0 bridgehead atoms. The molecule has 2 rings (SSSR count). The molecule has 2 aromatic rings. The smallest absolute Gasteiger partial charge is 0.243 e. The Morgan fingerprint density at radius 2 is 1.68 bits per heavy atom. The molecule has 0 heterocycles. The topological polar surface area (TPSA) is 75.7 Å². The van der Waals surface area contributed by atoms with E-state index in [-0.39, 0.29) is 11.4 Å². The first kappa shape index (κ1) is 19.0. The third-order valence-electron chi connectivity index (χ3n) is 3.72. The standard InChI is InChI=1S/C18H22N2O4S/c1-13-5-8-15(9-6-13)25(22,23)20(3)12-18(21)19-16-11-14(2)7-10-17(16)24-4/h5-11H,12H2,1-4H3,(H,19,21). The van der Waals surface area contributed by atoms with E-state index in [2.05, 4.69) is 5.32 Å². The Morgan fingerprint density at radius 3 is 2.28 bits per heavy atom. The molecule has 0 fully saturated rings. The van der Waals surface area contributed by atoms with Gasteiger partial charge in [0.1, 0.15) is 5.75 Å². The fourth-order valence-electron chi connectivity index (χ4n) is 2.29. The van der Waals surface area contributed by atoms with Gasteiger partial charge in [0, 0.05) is 7.05 Å². The van der Waals surface area contributed by atoms with Gasteiger partial charge in [-0.2, -0.15) is 4.31 Å². The summed E-state index contributed by atoms with van der Waals surface area (Å²) in [6.07, 6.45) is 0. The van der Waals surface area contributed by atoms with Crippen LogP contribution in [0.3, 0.4) is 0 Å². The number of rotatable bonds is 6. The highest BCUT2D eigenvalue weighted by Crippen LogP contribution is 2.25. The number of benzene rings is 2. The van der Waals surface area contributed by atoms with Crippen LogP contribution in [0, 0.1) is 13.8 Å². The van der Waals surface area contributed by atoms with E-state index in [1.807, 2.05) is 19.9 Å². The minimum absolute atomic E-state index is 0.154. The van der Waals surface area contributed by atoms with Crippen molar-refractivity contribution in [1.82, 2.24) is 4.31 Å². The van der Waals surface area contributed by atoms with Crippen LogP contribution >= 0.6 is 0 Å². The fourth-order valence-corrected chi connectivity index (χ4v) is 3.41. The number of methoxy groups -OCH3 is 1. The molecule has 0 saturated heterocycles. The maximum atomic E-state index is 12.5. The molecule has 2 aromatic carbocycles. The van der Waals surface area contributed by atoms with Crippen molar-refractivity contribution in [3.8, 4) is 5.75 Å². The fraction of sp³-hybridized carbons (Fsp3) is 0.278. The normalized spacial score (nSPS) is 11.4. The molecular formula is C18H22N2O4S. The second-order valence-corrected chi connectivity index (χ2v) is 7.87. The third-order valence-corrected chi connectivity index (χ3v) is 5.54. The first-order valence-corrected chi connectivity index (χ1v) is 9.15. The lowest BCUT2D eigenvalue weighted by Crippen LogP contribution is -2.35. The SMILES string of the molecule is COc1ccc(C)cc1NC(=O)CN(C)S(=O)(=O)c1ccc(C)cc1. The third kappa shape index (κ3) is 4.58. The van der Waals surface area contributed by atoms with Crippen molar-refractivity contribution in [3.05, 3.63) is 53.6 Å². The Balaban J connectivity index is 2.12. The minimum Gasteiger partial charge on any atom is -0.495 e. The second kappa shape index (κ2) is 7.67. The molecule has 0 aliphatic carbocycles. The monoisotopic (exact) mass is 362 g/mol. The Bertz CT molecular complexity index is 861. The molecule has 25 heavy (non-hydrogen) atoms. The number of carbonyl (C=O) groups excluding carboxylic acids is 1. The van der Waals surface area contributed by atoms with Crippen molar-refractivity contribution in [3.63, 3.8) is 0 Å². The van der Waals surface area contributed by atoms with Crippen molar-refractivity contribution in [2.24, 2.45) is 0 Å². The van der Waals surface area contributed by atoms with E-state index in [1.165, 1.54) is 26.3 Å². The molecule has 0 spiro atoms. The van der Waals surface area contributed by atoms with Crippen LogP contribution in [0.4, 0.5) is 5.69 Å². The van der Waals surface area contributed by atoms with Crippen molar-refractivity contribution in [1.29, 1.82) is 0 Å². The molecule has 6 nitrogen and oxygen atoms in total. The minimum atomic E-state index is -3.73. The highest BCUT2D eigenvalue weighted by atomic mass is 32.2. The molecule has 7 heteroatoms. The number of amides is 1. The highest BCUT2D eigenvalue weighted by Gasteiger charge is 2.23. The van der Waals surface area contributed by atoms with Gasteiger partial charge in [0.25, 0.3) is 0 Å². The zero-order chi connectivity index (χ0) is 18.6. The predicted octanol–water partition coefficient (Wildman–Crippen LogP) is 2.57. The van der Waals surface area contributed by atoms with E-state index in [0.717, 1.165) is 15.4 Å². The van der Waals surface area contributed by atoms with Gasteiger partial charge in [-0.1, -0.05) is 23.8 Å². The Kier molecular flexibility index (Phi) is 5.81. The van der Waals surface area contributed by atoms with Crippen LogP contribution in [0.1, 0.15) is 11.1 Å². The lowest BCUT2D eigenvalue weighted by atomic mass is 10.2. The maximum absolute atomic E-state index is 12.5. The van der Waals surface area contributed by atoms with Crippen LogP contribution < -0.4 is 10.1 Å². The van der Waals surface area contributed by atoms with Gasteiger partial charge in [0.15, 0.2) is 0 Å². The van der Waals surface area contributed by atoms with Gasteiger partial charge in [0.2, 0.25) is 15.9 Å². The molecule has 0 radical (unpaired) electrons. The summed E-state index contributed by atoms with van der Waals surface area (Å²) in [5.74, 6) is 0.0741. The van der Waals surface area contributed by atoms with E-state index in [1.54, 1.807) is 24.3 Å². The molecule has 0 atom stereocenters. The lowest BCUT2D eigenvalue weighted by molar-refractivity contribution is -0.116. The van der Waals surface area contributed by atoms with Gasteiger partial charge in [-0.15, -0.1) is 0 Å². The van der Waals surface area contributed by atoms with Crippen LogP contribution in [-0.4, -0.2) is 39.3 Å². The van der Waals surface area contributed by atoms with Gasteiger partial charge >= 0.3 is 0 Å². The van der Waals surface area contributed by atoms with E-state index < -0.39 is 15.9 Å². The van der Waals surface area contributed by atoms with E-state index in [0.29, 0.717) is 11.4 Å². The van der Waals surface area contributed by atoms with Gasteiger partial charge in [-0.3, -0.25) is 4.79 Å². The van der Waals surface area contributed by atoms with Gasteiger partial charge in [0.05, 0.1) is 24.2 Å². The number of anilines is 1. The summed E-state index contributed by atoms with van der Waals surface area (Å²) in [6, 6.07) is 11.9. The highest BCUT2D eigenvalue weighted by molar-refractivity contribution is 7.89. The van der Waals surface area contributed by atoms with Gasteiger partial charge in [-0.25, -0.2) is 8.42 Å². The number of carbonyl (C=O) groups is 1. The number of hydrogen-bond acceptors (Lipinski definition) is 4. The number of likely N-dealkylation sites (N-methyl/N-ethyl adjacent to an activating group) is 1. The summed E-state index contributed by atoms with van der Waals surface area (Å²) < 4.78 is 31.3. The van der Waals surface area contributed by atoms with Crippen molar-refractivity contribution in [2.45, 2.75) is 18.7 Å². The molecule has 0 aromatic heterocycles. The van der Waals surface area contributed by atoms with Crippen molar-refractivity contribution < 1.29 is 17.9 Å². The number of ether oxygens (including phenoxy) is 1. The first-order chi connectivity index (χ1) is 11.7. The van der Waals surface area contributed by atoms with Gasteiger partial charge in [-0.05, 0) is 43.7 Å². The molecule has 0 aliphatic rings. The predicted molar refractivity (Wildman–Crippen MR) is 97.4 cm³/mol. The quantitative estimate of drug-likeness (QED) is 0.857. The molecule has 0 saturated carbocycles. The lowest BCUT2D eigenvalue weighted by Gasteiger charge is -2.18. The first-order valence-electron chi connectivity index (χ1n) is 7.71. The van der Waals surface area contributed by atoms with Crippen LogP contribution in [0.15, 0.2) is 47.4 Å². The largest absolute Gasteiger partial charge is 0.495 e. The summed E-state index contributed by atoms with van der Waals surface area (Å²) in [5, 5.41) is 2.70. The van der Waals surface area contributed by atoms with Crippen molar-refractivity contribution >= 4 is 21.6 Å². The maximum Gasteiger partial charge on any atom is 0.243 e. The zero-order valence-electron chi connectivity index (χ0n) is 14.7. The van der Waals surface area contributed by atoms with E-state index in [4.69, 9.17) is 4.74 Å². The number of sulfonamides is 1. The number of hydrogen-bond donors (Lipinski definition) is 1. The summed E-state index contributed by atoms with van der Waals surface area (Å²) >= 11 is 0. The number of aryl methyl sites for hydroxylation is 2. The van der Waals surface area contributed by atoms with E-state index >= 15 is 0 Å². The van der Waals surface area contributed by atoms with Crippen LogP contribution in [0.2, 0.25) is 0 Å². The number of nitrogens with zero attached hydrogens (tertiary/aromatic N) is 1. The van der Waals surface area contributed by atoms with Crippen LogP contribution in [0.5, 0.6) is 5.75 Å². The Hall–Kier alpha value is -2.38. The van der Waals surface area contributed by atoms with E-state index in [9.17, 15) is 13.2 Å². The molecule has 1 amide bonds. The molecule has 0 aliphatic heterocycles. The summed E-state index contributed by atoms with van der Waals surface area (Å²) in [4.78, 5) is 12.4. The van der Waals surface area contributed by atoms with Crippen molar-refractivity contribution in [2.75, 3.05) is 26.0 Å². The summed E-state index contributed by atoms with van der Waals surface area (Å²) in [5.41, 5.74) is 2.43. The number of nitrogens with one attached hydrogen (secondary N) is 1. The van der Waals surface area contributed by atoms with Crippen LogP contribution in [-0.2, 0) is 14.8 Å². The molecule has 1 N–H and O–H groups in total. The zero-order valence-corrected chi connectivity index (χ0v) is 15.6. The Morgan fingerprint density at radius 1 is 1.08 bits per heavy atom.